The van der Waals surface area contributed by atoms with Crippen molar-refractivity contribution in [1.82, 2.24) is 20.0 Å². The fourth-order valence-corrected chi connectivity index (χ4v) is 2.61. The van der Waals surface area contributed by atoms with E-state index < -0.39 is 0 Å². The molecule has 0 spiro atoms. The van der Waals surface area contributed by atoms with Gasteiger partial charge in [-0.1, -0.05) is 5.16 Å². The van der Waals surface area contributed by atoms with Crippen LogP contribution in [0.2, 0.25) is 0 Å². The van der Waals surface area contributed by atoms with Gasteiger partial charge in [0.2, 0.25) is 11.7 Å². The molecule has 1 fully saturated rings. The van der Waals surface area contributed by atoms with Crippen LogP contribution < -0.4 is 4.74 Å². The summed E-state index contributed by atoms with van der Waals surface area (Å²) < 4.78 is 21.6. The first kappa shape index (κ1) is 16.8. The van der Waals surface area contributed by atoms with E-state index in [0.29, 0.717) is 30.8 Å². The van der Waals surface area contributed by atoms with Crippen LogP contribution in [0.3, 0.4) is 0 Å². The molecule has 3 rings (SSSR count). The number of aromatic nitrogens is 3. The number of nitrogens with zero attached hydrogens (tertiary/aromatic N) is 4. The molecular weight excluding hydrogens is 312 g/mol. The number of ether oxygens (including phenoxy) is 3. The normalized spacial score (nSPS) is 21.8. The molecule has 8 nitrogen and oxygen atoms in total. The third kappa shape index (κ3) is 4.08. The minimum Gasteiger partial charge on any atom is -0.475 e. The van der Waals surface area contributed by atoms with Gasteiger partial charge in [-0.15, -0.1) is 0 Å². The zero-order valence-electron chi connectivity index (χ0n) is 14.1. The largest absolute Gasteiger partial charge is 0.475 e. The number of morpholine rings is 1. The lowest BCUT2D eigenvalue weighted by Gasteiger charge is -2.32. The summed E-state index contributed by atoms with van der Waals surface area (Å²) in [5.41, 5.74) is 0.765. The van der Waals surface area contributed by atoms with Crippen LogP contribution in [0, 0.1) is 0 Å². The zero-order chi connectivity index (χ0) is 16.9. The summed E-state index contributed by atoms with van der Waals surface area (Å²) in [6, 6.07) is 3.62. The molecule has 0 aromatic carbocycles. The second-order valence-corrected chi connectivity index (χ2v) is 5.84. The van der Waals surface area contributed by atoms with Crippen molar-refractivity contribution in [1.29, 1.82) is 0 Å². The summed E-state index contributed by atoms with van der Waals surface area (Å²) in [4.78, 5) is 10.9. The molecule has 0 aliphatic carbocycles. The van der Waals surface area contributed by atoms with Gasteiger partial charge in [-0.3, -0.25) is 0 Å². The first-order valence-electron chi connectivity index (χ1n) is 7.91. The Bertz CT molecular complexity index is 636. The Morgan fingerprint density at radius 2 is 2.17 bits per heavy atom. The molecule has 1 aliphatic rings. The van der Waals surface area contributed by atoms with Gasteiger partial charge in [-0.2, -0.15) is 4.98 Å². The lowest BCUT2D eigenvalue weighted by molar-refractivity contribution is -0.0838. The summed E-state index contributed by atoms with van der Waals surface area (Å²) in [6.07, 6.45) is 1.59. The quantitative estimate of drug-likeness (QED) is 0.736. The minimum atomic E-state index is -0.204. The first-order chi connectivity index (χ1) is 11.7. The van der Waals surface area contributed by atoms with Gasteiger partial charge in [0.15, 0.2) is 0 Å². The molecule has 2 aromatic heterocycles. The fourth-order valence-electron chi connectivity index (χ4n) is 2.61. The highest BCUT2D eigenvalue weighted by Gasteiger charge is 2.28. The van der Waals surface area contributed by atoms with Crippen molar-refractivity contribution in [3.05, 3.63) is 24.2 Å². The Labute approximate surface area is 140 Å². The highest BCUT2D eigenvalue weighted by molar-refractivity contribution is 5.53. The van der Waals surface area contributed by atoms with E-state index in [-0.39, 0.29) is 12.2 Å². The van der Waals surface area contributed by atoms with Crippen LogP contribution in [0.4, 0.5) is 0 Å². The Kier molecular flexibility index (Phi) is 5.39. The van der Waals surface area contributed by atoms with Gasteiger partial charge in [0.1, 0.15) is 12.7 Å². The van der Waals surface area contributed by atoms with E-state index in [0.717, 1.165) is 18.7 Å². The Balaban J connectivity index is 1.66. The standard InChI is InChI=1S/C16H22N4O4/c1-11-9-20(2)10-13(23-11)16-18-15(19-24-16)12-4-5-14(17-8-12)22-7-6-21-3/h4-5,8,11,13H,6-7,9-10H2,1-3H3/t11-,13-/m1/s1. The predicted octanol–water partition coefficient (Wildman–Crippen LogP) is 1.55. The van der Waals surface area contributed by atoms with Gasteiger partial charge in [-0.25, -0.2) is 4.98 Å². The van der Waals surface area contributed by atoms with Crippen molar-refractivity contribution in [2.45, 2.75) is 19.1 Å². The molecule has 3 heterocycles. The van der Waals surface area contributed by atoms with Gasteiger partial charge in [-0.05, 0) is 20.0 Å². The third-order valence-corrected chi connectivity index (χ3v) is 3.69. The van der Waals surface area contributed by atoms with Crippen LogP contribution in [-0.2, 0) is 9.47 Å². The molecule has 24 heavy (non-hydrogen) atoms. The van der Waals surface area contributed by atoms with E-state index in [9.17, 15) is 0 Å². The van der Waals surface area contributed by atoms with Gasteiger partial charge >= 0.3 is 0 Å². The molecule has 0 bridgehead atoms. The van der Waals surface area contributed by atoms with Crippen LogP contribution in [-0.4, -0.2) is 66.6 Å². The van der Waals surface area contributed by atoms with Crippen molar-refractivity contribution >= 4 is 0 Å². The summed E-state index contributed by atoms with van der Waals surface area (Å²) in [6.45, 7) is 4.64. The van der Waals surface area contributed by atoms with Crippen molar-refractivity contribution in [2.75, 3.05) is 40.5 Å². The maximum absolute atomic E-state index is 5.88. The van der Waals surface area contributed by atoms with Crippen molar-refractivity contribution in [2.24, 2.45) is 0 Å². The zero-order valence-corrected chi connectivity index (χ0v) is 14.1. The van der Waals surface area contributed by atoms with Crippen LogP contribution in [0.1, 0.15) is 18.9 Å². The summed E-state index contributed by atoms with van der Waals surface area (Å²) >= 11 is 0. The molecule has 0 unspecified atom stereocenters. The van der Waals surface area contributed by atoms with Crippen molar-refractivity contribution in [3.63, 3.8) is 0 Å². The molecule has 1 saturated heterocycles. The predicted molar refractivity (Wildman–Crippen MR) is 85.7 cm³/mol. The Morgan fingerprint density at radius 1 is 1.29 bits per heavy atom. The lowest BCUT2D eigenvalue weighted by atomic mass is 10.2. The highest BCUT2D eigenvalue weighted by Crippen LogP contribution is 2.25. The molecule has 0 N–H and O–H groups in total. The van der Waals surface area contributed by atoms with Gasteiger partial charge in [0, 0.05) is 38.0 Å². The number of pyridine rings is 1. The van der Waals surface area contributed by atoms with E-state index in [1.165, 1.54) is 0 Å². The first-order valence-corrected chi connectivity index (χ1v) is 7.91. The Hall–Kier alpha value is -2.03. The molecule has 2 atom stereocenters. The molecule has 8 heteroatoms. The Morgan fingerprint density at radius 3 is 2.88 bits per heavy atom. The lowest BCUT2D eigenvalue weighted by Crippen LogP contribution is -2.40. The summed E-state index contributed by atoms with van der Waals surface area (Å²) in [5, 5.41) is 4.03. The highest BCUT2D eigenvalue weighted by atomic mass is 16.5. The molecule has 0 saturated carbocycles. The van der Waals surface area contributed by atoms with Crippen molar-refractivity contribution < 1.29 is 18.7 Å². The fraction of sp³-hybridized carbons (Fsp3) is 0.562. The summed E-state index contributed by atoms with van der Waals surface area (Å²) in [7, 11) is 3.68. The molecular formula is C16H22N4O4. The molecule has 1 aliphatic heterocycles. The maximum atomic E-state index is 5.88. The van der Waals surface area contributed by atoms with Crippen LogP contribution in [0.5, 0.6) is 5.88 Å². The maximum Gasteiger partial charge on any atom is 0.257 e. The number of rotatable bonds is 6. The number of hydrogen-bond donors (Lipinski definition) is 0. The average molecular weight is 334 g/mol. The topological polar surface area (TPSA) is 82.7 Å². The van der Waals surface area contributed by atoms with Crippen LogP contribution in [0.15, 0.2) is 22.9 Å². The average Bonchev–Trinajstić information content (AvgIpc) is 3.05. The van der Waals surface area contributed by atoms with Gasteiger partial charge < -0.3 is 23.6 Å². The molecule has 0 radical (unpaired) electrons. The smallest absolute Gasteiger partial charge is 0.257 e. The molecule has 130 valence electrons. The second kappa shape index (κ2) is 7.69. The van der Waals surface area contributed by atoms with E-state index in [4.69, 9.17) is 18.7 Å². The summed E-state index contributed by atoms with van der Waals surface area (Å²) in [5.74, 6) is 1.51. The van der Waals surface area contributed by atoms with Crippen LogP contribution >= 0.6 is 0 Å². The monoisotopic (exact) mass is 334 g/mol. The minimum absolute atomic E-state index is 0.134. The van der Waals surface area contributed by atoms with E-state index in [1.807, 2.05) is 13.0 Å². The SMILES string of the molecule is COCCOc1ccc(-c2noc([C@H]3CN(C)C[C@@H](C)O3)n2)cn1. The van der Waals surface area contributed by atoms with E-state index in [2.05, 4.69) is 27.1 Å². The molecule has 2 aromatic rings. The van der Waals surface area contributed by atoms with Crippen LogP contribution in [0.25, 0.3) is 11.4 Å². The number of methoxy groups -OCH3 is 1. The number of likely N-dealkylation sites (N-methyl/N-ethyl adjacent to an activating group) is 1. The van der Waals surface area contributed by atoms with E-state index in [1.54, 1.807) is 19.4 Å². The van der Waals surface area contributed by atoms with E-state index >= 15 is 0 Å². The molecule has 0 amide bonds. The van der Waals surface area contributed by atoms with Crippen molar-refractivity contribution in [3.8, 4) is 17.3 Å². The van der Waals surface area contributed by atoms with Gasteiger partial charge in [0.25, 0.3) is 5.89 Å². The van der Waals surface area contributed by atoms with Gasteiger partial charge in [0.05, 0.1) is 12.7 Å². The number of hydrogen-bond acceptors (Lipinski definition) is 8. The second-order valence-electron chi connectivity index (χ2n) is 5.84. The third-order valence-electron chi connectivity index (χ3n) is 3.69.